The van der Waals surface area contributed by atoms with E-state index in [1.807, 2.05) is 26.8 Å². The Morgan fingerprint density at radius 3 is 2.60 bits per heavy atom. The predicted molar refractivity (Wildman–Crippen MR) is 77.8 cm³/mol. The number of ether oxygens (including phenoxy) is 1. The van der Waals surface area contributed by atoms with Crippen molar-refractivity contribution < 1.29 is 14.3 Å². The lowest BCUT2D eigenvalue weighted by molar-refractivity contribution is -0.148. The molecule has 0 spiro atoms. The molecular weight excluding hydrogens is 278 g/mol. The summed E-state index contributed by atoms with van der Waals surface area (Å²) in [6.45, 7) is 5.52. The number of esters is 1. The highest BCUT2D eigenvalue weighted by atomic mass is 35.5. The van der Waals surface area contributed by atoms with Crippen molar-refractivity contribution in [3.8, 4) is 0 Å². The van der Waals surface area contributed by atoms with Gasteiger partial charge in [0.1, 0.15) is 0 Å². The number of nitrogens with one attached hydrogen (secondary N) is 1. The number of amides is 1. The van der Waals surface area contributed by atoms with Crippen LogP contribution in [0.15, 0.2) is 12.1 Å². The standard InChI is InChI=1S/C15H18ClNO3/c1-8-4-10(3)14(12(16)5-8)17-13(18)7-20-15(19)11-6-9(11)2/h4-5,9,11H,6-7H2,1-3H3,(H,17,18)/t9-,11-/m1/s1. The van der Waals surface area contributed by atoms with Gasteiger partial charge >= 0.3 is 5.97 Å². The van der Waals surface area contributed by atoms with Crippen molar-refractivity contribution in [2.45, 2.75) is 27.2 Å². The maximum Gasteiger partial charge on any atom is 0.309 e. The van der Waals surface area contributed by atoms with Crippen molar-refractivity contribution in [3.63, 3.8) is 0 Å². The molecule has 5 heteroatoms. The fraction of sp³-hybridized carbons (Fsp3) is 0.467. The maximum atomic E-state index is 11.8. The summed E-state index contributed by atoms with van der Waals surface area (Å²) < 4.78 is 4.98. The van der Waals surface area contributed by atoms with Crippen LogP contribution >= 0.6 is 11.6 Å². The molecular formula is C15H18ClNO3. The lowest BCUT2D eigenvalue weighted by atomic mass is 10.1. The van der Waals surface area contributed by atoms with Crippen molar-refractivity contribution in [1.82, 2.24) is 0 Å². The minimum absolute atomic E-state index is 0.0347. The van der Waals surface area contributed by atoms with E-state index in [2.05, 4.69) is 5.32 Å². The van der Waals surface area contributed by atoms with Crippen LogP contribution < -0.4 is 5.32 Å². The number of hydrogen-bond acceptors (Lipinski definition) is 3. The SMILES string of the molecule is Cc1cc(C)c(NC(=O)COC(=O)[C@@H]2C[C@H]2C)c(Cl)c1. The number of aryl methyl sites for hydroxylation is 2. The molecule has 1 saturated carbocycles. The number of halogens is 1. The van der Waals surface area contributed by atoms with Crippen LogP contribution in [0.25, 0.3) is 0 Å². The first-order valence-corrected chi connectivity index (χ1v) is 6.99. The zero-order valence-electron chi connectivity index (χ0n) is 11.8. The quantitative estimate of drug-likeness (QED) is 0.869. The number of rotatable bonds is 4. The predicted octanol–water partition coefficient (Wildman–Crippen LogP) is 3.09. The summed E-state index contributed by atoms with van der Waals surface area (Å²) in [4.78, 5) is 23.3. The third kappa shape index (κ3) is 3.51. The summed E-state index contributed by atoms with van der Waals surface area (Å²) in [6, 6.07) is 3.71. The largest absolute Gasteiger partial charge is 0.455 e. The second-order valence-electron chi connectivity index (χ2n) is 5.41. The molecule has 0 saturated heterocycles. The van der Waals surface area contributed by atoms with E-state index in [9.17, 15) is 9.59 Å². The number of hydrogen-bond donors (Lipinski definition) is 1. The minimum atomic E-state index is -0.375. The second-order valence-corrected chi connectivity index (χ2v) is 5.82. The number of benzene rings is 1. The van der Waals surface area contributed by atoms with Gasteiger partial charge in [-0.3, -0.25) is 9.59 Å². The third-order valence-electron chi connectivity index (χ3n) is 3.45. The van der Waals surface area contributed by atoms with E-state index >= 15 is 0 Å². The van der Waals surface area contributed by atoms with Crippen LogP contribution in [-0.2, 0) is 14.3 Å². The first-order chi connectivity index (χ1) is 9.38. The van der Waals surface area contributed by atoms with Crippen molar-refractivity contribution >= 4 is 29.2 Å². The highest BCUT2D eigenvalue weighted by Crippen LogP contribution is 2.38. The van der Waals surface area contributed by atoms with Crippen LogP contribution in [0.2, 0.25) is 5.02 Å². The maximum absolute atomic E-state index is 11.8. The summed E-state index contributed by atoms with van der Waals surface area (Å²) in [5.41, 5.74) is 2.48. The lowest BCUT2D eigenvalue weighted by Crippen LogP contribution is -2.22. The average Bonchev–Trinajstić information content (AvgIpc) is 3.08. The Kier molecular flexibility index (Phi) is 4.33. The van der Waals surface area contributed by atoms with Gasteiger partial charge in [0.15, 0.2) is 6.61 Å². The molecule has 0 aliphatic heterocycles. The number of carbonyl (C=O) groups is 2. The smallest absolute Gasteiger partial charge is 0.309 e. The molecule has 1 amide bonds. The van der Waals surface area contributed by atoms with Crippen LogP contribution in [0.3, 0.4) is 0 Å². The Balaban J connectivity index is 1.90. The third-order valence-corrected chi connectivity index (χ3v) is 3.75. The molecule has 0 aromatic heterocycles. The van der Waals surface area contributed by atoms with Gasteiger partial charge in [-0.25, -0.2) is 0 Å². The molecule has 1 aliphatic carbocycles. The molecule has 1 fully saturated rings. The molecule has 2 atom stereocenters. The Morgan fingerprint density at radius 2 is 2.05 bits per heavy atom. The molecule has 108 valence electrons. The topological polar surface area (TPSA) is 55.4 Å². The fourth-order valence-corrected chi connectivity index (χ4v) is 2.51. The van der Waals surface area contributed by atoms with Crippen molar-refractivity contribution in [2.75, 3.05) is 11.9 Å². The van der Waals surface area contributed by atoms with Gasteiger partial charge in [-0.15, -0.1) is 0 Å². The number of carbonyl (C=O) groups excluding carboxylic acids is 2. The first-order valence-electron chi connectivity index (χ1n) is 6.61. The van der Waals surface area contributed by atoms with Gasteiger partial charge in [0, 0.05) is 0 Å². The Labute approximate surface area is 123 Å². The molecule has 1 N–H and O–H groups in total. The average molecular weight is 296 g/mol. The zero-order valence-corrected chi connectivity index (χ0v) is 12.6. The molecule has 2 rings (SSSR count). The van der Waals surface area contributed by atoms with Crippen LogP contribution in [0, 0.1) is 25.7 Å². The van der Waals surface area contributed by atoms with Crippen LogP contribution in [0.4, 0.5) is 5.69 Å². The summed E-state index contributed by atoms with van der Waals surface area (Å²) >= 11 is 6.10. The van der Waals surface area contributed by atoms with Gasteiger partial charge in [-0.05, 0) is 43.4 Å². The molecule has 1 aliphatic rings. The normalized spacial score (nSPS) is 20.4. The monoisotopic (exact) mass is 295 g/mol. The van der Waals surface area contributed by atoms with E-state index < -0.39 is 0 Å². The van der Waals surface area contributed by atoms with Crippen molar-refractivity contribution in [2.24, 2.45) is 11.8 Å². The summed E-state index contributed by atoms with van der Waals surface area (Å²) in [5, 5.41) is 3.17. The second kappa shape index (κ2) is 5.83. The van der Waals surface area contributed by atoms with Crippen LogP contribution in [0.5, 0.6) is 0 Å². The van der Waals surface area contributed by atoms with Gasteiger partial charge in [-0.1, -0.05) is 24.6 Å². The summed E-state index contributed by atoms with van der Waals surface area (Å²) in [5.74, 6) is -0.327. The Morgan fingerprint density at radius 1 is 1.40 bits per heavy atom. The Hall–Kier alpha value is -1.55. The summed E-state index contributed by atoms with van der Waals surface area (Å²) in [6.07, 6.45) is 0.851. The molecule has 0 heterocycles. The molecule has 0 unspecified atom stereocenters. The van der Waals surface area contributed by atoms with Crippen LogP contribution in [-0.4, -0.2) is 18.5 Å². The number of anilines is 1. The molecule has 1 aromatic carbocycles. The van der Waals surface area contributed by atoms with E-state index in [1.165, 1.54) is 0 Å². The molecule has 0 radical (unpaired) electrons. The van der Waals surface area contributed by atoms with Crippen LogP contribution in [0.1, 0.15) is 24.5 Å². The van der Waals surface area contributed by atoms with E-state index in [4.69, 9.17) is 16.3 Å². The molecule has 1 aromatic rings. The molecule has 4 nitrogen and oxygen atoms in total. The highest BCUT2D eigenvalue weighted by molar-refractivity contribution is 6.34. The van der Waals surface area contributed by atoms with Crippen molar-refractivity contribution in [1.29, 1.82) is 0 Å². The molecule has 20 heavy (non-hydrogen) atoms. The zero-order chi connectivity index (χ0) is 14.9. The minimum Gasteiger partial charge on any atom is -0.455 e. The van der Waals surface area contributed by atoms with Gasteiger partial charge in [-0.2, -0.15) is 0 Å². The van der Waals surface area contributed by atoms with Gasteiger partial charge in [0.2, 0.25) is 0 Å². The fourth-order valence-electron chi connectivity index (χ4n) is 2.14. The van der Waals surface area contributed by atoms with E-state index in [0.29, 0.717) is 16.6 Å². The van der Waals surface area contributed by atoms with E-state index in [1.54, 1.807) is 6.07 Å². The van der Waals surface area contributed by atoms with E-state index in [-0.39, 0.29) is 24.4 Å². The first kappa shape index (κ1) is 14.9. The van der Waals surface area contributed by atoms with Gasteiger partial charge in [0.05, 0.1) is 16.6 Å². The van der Waals surface area contributed by atoms with Gasteiger partial charge in [0.25, 0.3) is 5.91 Å². The van der Waals surface area contributed by atoms with Gasteiger partial charge < -0.3 is 10.1 Å². The van der Waals surface area contributed by atoms with Crippen molar-refractivity contribution in [3.05, 3.63) is 28.3 Å². The molecule has 0 bridgehead atoms. The summed E-state index contributed by atoms with van der Waals surface area (Å²) in [7, 11) is 0. The highest BCUT2D eigenvalue weighted by Gasteiger charge is 2.40. The Bertz CT molecular complexity index is 533. The lowest BCUT2D eigenvalue weighted by Gasteiger charge is -2.11. The van der Waals surface area contributed by atoms with E-state index in [0.717, 1.165) is 17.5 Å².